The molecule has 136 valence electrons. The van der Waals surface area contributed by atoms with Crippen molar-refractivity contribution in [2.75, 3.05) is 39.8 Å². The molecule has 1 saturated heterocycles. The number of hydrogen-bond donors (Lipinski definition) is 1. The molecule has 5 heteroatoms. The quantitative estimate of drug-likeness (QED) is 0.864. The van der Waals surface area contributed by atoms with E-state index in [0.717, 1.165) is 18.8 Å². The lowest BCUT2D eigenvalue weighted by Gasteiger charge is -2.46. The number of likely N-dealkylation sites (N-methyl/N-ethyl adjacent to an activating group) is 1. The fraction of sp³-hybridized carbons (Fsp3) is 0.842. The fourth-order valence-corrected chi connectivity index (χ4v) is 4.47. The average molecular weight is 334 g/mol. The summed E-state index contributed by atoms with van der Waals surface area (Å²) in [5.41, 5.74) is 2.77. The van der Waals surface area contributed by atoms with Crippen molar-refractivity contribution < 1.29 is 0 Å². The van der Waals surface area contributed by atoms with E-state index < -0.39 is 0 Å². The Morgan fingerprint density at radius 3 is 2.42 bits per heavy atom. The van der Waals surface area contributed by atoms with Gasteiger partial charge in [0.05, 0.1) is 12.2 Å². The molecule has 1 aromatic heterocycles. The number of nitrogens with zero attached hydrogens (tertiary/aromatic N) is 4. The van der Waals surface area contributed by atoms with E-state index in [4.69, 9.17) is 0 Å². The van der Waals surface area contributed by atoms with E-state index in [1.165, 1.54) is 57.6 Å². The highest BCUT2D eigenvalue weighted by atomic mass is 15.3. The molecule has 0 amide bonds. The van der Waals surface area contributed by atoms with Crippen LogP contribution in [0.4, 0.5) is 0 Å². The Morgan fingerprint density at radius 1 is 1.17 bits per heavy atom. The lowest BCUT2D eigenvalue weighted by molar-refractivity contribution is 0.0408. The molecule has 3 rings (SSSR count). The second-order valence-electron chi connectivity index (χ2n) is 8.11. The molecule has 0 aromatic carbocycles. The third-order valence-electron chi connectivity index (χ3n) is 6.04. The van der Waals surface area contributed by atoms with Crippen molar-refractivity contribution >= 4 is 0 Å². The Labute approximate surface area is 147 Å². The van der Waals surface area contributed by atoms with Gasteiger partial charge in [-0.25, -0.2) is 0 Å². The van der Waals surface area contributed by atoms with Gasteiger partial charge in [-0.05, 0) is 46.7 Å². The molecule has 1 atom stereocenters. The molecule has 24 heavy (non-hydrogen) atoms. The smallest absolute Gasteiger partial charge is 0.0596 e. The molecule has 1 N–H and O–H groups in total. The number of aromatic nitrogens is 2. The molecule has 2 aliphatic rings. The van der Waals surface area contributed by atoms with Gasteiger partial charge in [0.15, 0.2) is 0 Å². The Kier molecular flexibility index (Phi) is 5.63. The number of rotatable bonds is 6. The molecule has 0 spiro atoms. The van der Waals surface area contributed by atoms with Crippen molar-refractivity contribution in [2.24, 2.45) is 0 Å². The van der Waals surface area contributed by atoms with Crippen molar-refractivity contribution in [1.82, 2.24) is 24.9 Å². The van der Waals surface area contributed by atoms with Gasteiger partial charge in [-0.3, -0.25) is 9.58 Å². The predicted octanol–water partition coefficient (Wildman–Crippen LogP) is 2.04. The van der Waals surface area contributed by atoms with E-state index in [1.807, 2.05) is 0 Å². The molecule has 1 unspecified atom stereocenters. The molecule has 5 nitrogen and oxygen atoms in total. The maximum Gasteiger partial charge on any atom is 0.0596 e. The molecule has 0 bridgehead atoms. The summed E-state index contributed by atoms with van der Waals surface area (Å²) >= 11 is 0. The summed E-state index contributed by atoms with van der Waals surface area (Å²) < 4.78 is 2.14. The summed E-state index contributed by atoms with van der Waals surface area (Å²) in [6.45, 7) is 13.5. The van der Waals surface area contributed by atoms with Crippen LogP contribution < -0.4 is 5.32 Å². The van der Waals surface area contributed by atoms with Crippen LogP contribution in [0.2, 0.25) is 0 Å². The Balaban J connectivity index is 1.57. The van der Waals surface area contributed by atoms with Crippen molar-refractivity contribution in [1.29, 1.82) is 0 Å². The number of nitrogens with one attached hydrogen (secondary N) is 1. The van der Waals surface area contributed by atoms with Crippen molar-refractivity contribution in [2.45, 2.75) is 64.6 Å². The van der Waals surface area contributed by atoms with Crippen molar-refractivity contribution in [3.63, 3.8) is 0 Å². The third-order valence-corrected chi connectivity index (χ3v) is 6.04. The van der Waals surface area contributed by atoms with Crippen LogP contribution in [-0.4, -0.2) is 70.9 Å². The van der Waals surface area contributed by atoms with Gasteiger partial charge in [0.2, 0.25) is 0 Å². The maximum atomic E-state index is 4.61. The standard InChI is InChI=1S/C19H35N5/c1-16-13-18(3)24(21-16)14-17(2)20-15-19(7-5-6-8-19)23-11-9-22(4)10-12-23/h13,17,20H,5-12,14-15H2,1-4H3. The Hall–Kier alpha value is -0.910. The molecule has 1 aliphatic carbocycles. The van der Waals surface area contributed by atoms with E-state index in [2.05, 4.69) is 58.8 Å². The third kappa shape index (κ3) is 4.01. The molecule has 0 radical (unpaired) electrons. The molecule has 1 saturated carbocycles. The summed E-state index contributed by atoms with van der Waals surface area (Å²) in [5.74, 6) is 0. The van der Waals surface area contributed by atoms with Gasteiger partial charge in [-0.15, -0.1) is 0 Å². The molecule has 2 heterocycles. The first-order valence-electron chi connectivity index (χ1n) is 9.67. The van der Waals surface area contributed by atoms with Gasteiger partial charge in [0, 0.05) is 50.0 Å². The zero-order chi connectivity index (χ0) is 17.2. The van der Waals surface area contributed by atoms with Crippen LogP contribution in [0.3, 0.4) is 0 Å². The molecular weight excluding hydrogens is 298 g/mol. The molecule has 1 aliphatic heterocycles. The van der Waals surface area contributed by atoms with Crippen LogP contribution in [0.5, 0.6) is 0 Å². The average Bonchev–Trinajstić information content (AvgIpc) is 3.14. The topological polar surface area (TPSA) is 36.3 Å². The summed E-state index contributed by atoms with van der Waals surface area (Å²) in [6, 6.07) is 2.61. The molecule has 1 aromatic rings. The highest BCUT2D eigenvalue weighted by molar-refractivity contribution is 5.06. The first-order valence-corrected chi connectivity index (χ1v) is 9.67. The number of aryl methyl sites for hydroxylation is 2. The molecular formula is C19H35N5. The van der Waals surface area contributed by atoms with Crippen molar-refractivity contribution in [3.05, 3.63) is 17.5 Å². The van der Waals surface area contributed by atoms with Gasteiger partial charge in [0.1, 0.15) is 0 Å². The summed E-state index contributed by atoms with van der Waals surface area (Å²) in [7, 11) is 2.24. The summed E-state index contributed by atoms with van der Waals surface area (Å²) in [6.07, 6.45) is 5.49. The van der Waals surface area contributed by atoms with Crippen LogP contribution in [-0.2, 0) is 6.54 Å². The zero-order valence-electron chi connectivity index (χ0n) is 16.0. The normalized spacial score (nSPS) is 23.7. The Morgan fingerprint density at radius 2 is 1.83 bits per heavy atom. The van der Waals surface area contributed by atoms with E-state index in [1.54, 1.807) is 0 Å². The SMILES string of the molecule is Cc1cc(C)n(CC(C)NCC2(N3CCN(C)CC3)CCCC2)n1. The van der Waals surface area contributed by atoms with Gasteiger partial charge in [-0.1, -0.05) is 12.8 Å². The van der Waals surface area contributed by atoms with E-state index in [0.29, 0.717) is 11.6 Å². The minimum Gasteiger partial charge on any atom is -0.311 e. The minimum atomic E-state index is 0.393. The van der Waals surface area contributed by atoms with Crippen LogP contribution in [0.15, 0.2) is 6.07 Å². The van der Waals surface area contributed by atoms with Gasteiger partial charge in [-0.2, -0.15) is 5.10 Å². The second-order valence-corrected chi connectivity index (χ2v) is 8.11. The van der Waals surface area contributed by atoms with Gasteiger partial charge in [0.25, 0.3) is 0 Å². The summed E-state index contributed by atoms with van der Waals surface area (Å²) in [5, 5.41) is 8.45. The Bertz CT molecular complexity index is 524. The predicted molar refractivity (Wildman–Crippen MR) is 99.4 cm³/mol. The number of hydrogen-bond acceptors (Lipinski definition) is 4. The first-order chi connectivity index (χ1) is 11.5. The lowest BCUT2D eigenvalue weighted by Crippen LogP contribution is -2.60. The van der Waals surface area contributed by atoms with E-state index in [-0.39, 0.29) is 0 Å². The van der Waals surface area contributed by atoms with Crippen LogP contribution in [0.1, 0.15) is 44.0 Å². The number of piperazine rings is 1. The van der Waals surface area contributed by atoms with Crippen LogP contribution in [0.25, 0.3) is 0 Å². The van der Waals surface area contributed by atoms with Crippen LogP contribution >= 0.6 is 0 Å². The first kappa shape index (κ1) is 17.9. The second kappa shape index (κ2) is 7.54. The summed E-state index contributed by atoms with van der Waals surface area (Å²) in [4.78, 5) is 5.24. The lowest BCUT2D eigenvalue weighted by atomic mass is 9.93. The van der Waals surface area contributed by atoms with Crippen LogP contribution in [0, 0.1) is 13.8 Å². The minimum absolute atomic E-state index is 0.393. The van der Waals surface area contributed by atoms with Crippen molar-refractivity contribution in [3.8, 4) is 0 Å². The van der Waals surface area contributed by atoms with Gasteiger partial charge < -0.3 is 10.2 Å². The maximum absolute atomic E-state index is 4.61. The zero-order valence-corrected chi connectivity index (χ0v) is 16.0. The van der Waals surface area contributed by atoms with Gasteiger partial charge >= 0.3 is 0 Å². The van der Waals surface area contributed by atoms with E-state index in [9.17, 15) is 0 Å². The monoisotopic (exact) mass is 333 g/mol. The van der Waals surface area contributed by atoms with E-state index >= 15 is 0 Å². The molecule has 2 fully saturated rings. The highest BCUT2D eigenvalue weighted by Crippen LogP contribution is 2.35. The fourth-order valence-electron chi connectivity index (χ4n) is 4.47. The highest BCUT2D eigenvalue weighted by Gasteiger charge is 2.40. The largest absolute Gasteiger partial charge is 0.311 e.